The van der Waals surface area contributed by atoms with E-state index in [9.17, 15) is 13.2 Å². The van der Waals surface area contributed by atoms with Crippen LogP contribution in [0.2, 0.25) is 5.15 Å². The predicted molar refractivity (Wildman–Crippen MR) is 65.8 cm³/mol. The Morgan fingerprint density at radius 1 is 1.17 bits per heavy atom. The Morgan fingerprint density at radius 2 is 1.83 bits per heavy atom. The molecule has 0 spiro atoms. The van der Waals surface area contributed by atoms with Crippen LogP contribution in [0.1, 0.15) is 30.9 Å². The number of aromatic nitrogens is 1. The summed E-state index contributed by atoms with van der Waals surface area (Å²) in [5.74, 6) is 0.0840. The van der Waals surface area contributed by atoms with Crippen molar-refractivity contribution in [2.75, 3.05) is 0 Å². The summed E-state index contributed by atoms with van der Waals surface area (Å²) in [6.45, 7) is 3.81. The van der Waals surface area contributed by atoms with Gasteiger partial charge in [-0.05, 0) is 29.0 Å². The third-order valence-corrected chi connectivity index (χ3v) is 3.12. The van der Waals surface area contributed by atoms with Crippen molar-refractivity contribution in [3.63, 3.8) is 0 Å². The van der Waals surface area contributed by atoms with Gasteiger partial charge in [0.2, 0.25) is 0 Å². The smallest absolute Gasteiger partial charge is 0.244 e. The molecule has 0 amide bonds. The number of hydrogen-bond donors (Lipinski definition) is 0. The minimum Gasteiger partial charge on any atom is -0.244 e. The molecule has 18 heavy (non-hydrogen) atoms. The van der Waals surface area contributed by atoms with E-state index < -0.39 is 11.7 Å². The molecule has 0 aliphatic carbocycles. The molecule has 0 aliphatic heterocycles. The maximum absolute atomic E-state index is 12.7. The molecule has 0 N–H and O–H groups in total. The summed E-state index contributed by atoms with van der Waals surface area (Å²) in [4.78, 5) is 4.00. The molecule has 0 saturated carbocycles. The van der Waals surface area contributed by atoms with Crippen LogP contribution in [-0.4, -0.2) is 4.98 Å². The first-order valence-corrected chi connectivity index (χ1v) is 5.84. The van der Waals surface area contributed by atoms with Gasteiger partial charge in [-0.25, -0.2) is 4.98 Å². The Balaban J connectivity index is 2.77. The molecule has 0 saturated heterocycles. The lowest BCUT2D eigenvalue weighted by Gasteiger charge is -2.13. The van der Waals surface area contributed by atoms with Crippen LogP contribution in [0.3, 0.4) is 0 Å². The SMILES string of the molecule is CC(C)c1cnc(Cl)c2ccc(C(F)(F)F)cc12. The lowest BCUT2D eigenvalue weighted by atomic mass is 9.97. The topological polar surface area (TPSA) is 12.9 Å². The van der Waals surface area contributed by atoms with Crippen LogP contribution in [-0.2, 0) is 6.18 Å². The third-order valence-electron chi connectivity index (χ3n) is 2.82. The molecule has 0 atom stereocenters. The molecule has 0 bridgehead atoms. The summed E-state index contributed by atoms with van der Waals surface area (Å²) in [6, 6.07) is 3.54. The Hall–Kier alpha value is -1.29. The largest absolute Gasteiger partial charge is 0.416 e. The van der Waals surface area contributed by atoms with Crippen molar-refractivity contribution in [2.24, 2.45) is 0 Å². The van der Waals surface area contributed by atoms with Crippen LogP contribution >= 0.6 is 11.6 Å². The first-order valence-electron chi connectivity index (χ1n) is 5.46. The molecule has 1 aromatic carbocycles. The van der Waals surface area contributed by atoms with Crippen molar-refractivity contribution < 1.29 is 13.2 Å². The zero-order chi connectivity index (χ0) is 13.5. The molecular formula is C13H11ClF3N. The molecular weight excluding hydrogens is 263 g/mol. The maximum Gasteiger partial charge on any atom is 0.416 e. The first kappa shape index (κ1) is 13.1. The molecule has 1 heterocycles. The van der Waals surface area contributed by atoms with E-state index in [4.69, 9.17) is 11.6 Å². The summed E-state index contributed by atoms with van der Waals surface area (Å²) < 4.78 is 38.1. The number of alkyl halides is 3. The van der Waals surface area contributed by atoms with E-state index in [2.05, 4.69) is 4.98 Å². The Kier molecular flexibility index (Phi) is 3.23. The molecule has 1 nitrogen and oxygen atoms in total. The average Bonchev–Trinajstić information content (AvgIpc) is 2.27. The fourth-order valence-corrected chi connectivity index (χ4v) is 2.08. The number of halogens is 4. The maximum atomic E-state index is 12.7. The van der Waals surface area contributed by atoms with Crippen LogP contribution in [0.5, 0.6) is 0 Å². The molecule has 0 unspecified atom stereocenters. The summed E-state index contributed by atoms with van der Waals surface area (Å²) >= 11 is 5.91. The second kappa shape index (κ2) is 4.43. The minimum absolute atomic E-state index is 0.0840. The Morgan fingerprint density at radius 3 is 2.39 bits per heavy atom. The van der Waals surface area contributed by atoms with Crippen LogP contribution in [0.4, 0.5) is 13.2 Å². The van der Waals surface area contributed by atoms with Gasteiger partial charge in [0, 0.05) is 11.6 Å². The van der Waals surface area contributed by atoms with Crippen molar-refractivity contribution in [1.29, 1.82) is 0 Å². The monoisotopic (exact) mass is 273 g/mol. The fraction of sp³-hybridized carbons (Fsp3) is 0.308. The quantitative estimate of drug-likeness (QED) is 0.664. The zero-order valence-corrected chi connectivity index (χ0v) is 10.6. The normalized spacial score (nSPS) is 12.4. The number of nitrogens with zero attached hydrogens (tertiary/aromatic N) is 1. The minimum atomic E-state index is -4.35. The zero-order valence-electron chi connectivity index (χ0n) is 9.85. The number of rotatable bonds is 1. The van der Waals surface area contributed by atoms with Gasteiger partial charge >= 0.3 is 6.18 Å². The standard InChI is InChI=1S/C13H11ClF3N/c1-7(2)11-6-18-12(14)9-4-3-8(5-10(9)11)13(15,16)17/h3-7H,1-2H3. The summed E-state index contributed by atoms with van der Waals surface area (Å²) in [6.07, 6.45) is -2.81. The molecule has 0 fully saturated rings. The molecule has 5 heteroatoms. The predicted octanol–water partition coefficient (Wildman–Crippen LogP) is 5.03. The van der Waals surface area contributed by atoms with Gasteiger partial charge in [-0.3, -0.25) is 0 Å². The van der Waals surface area contributed by atoms with E-state index in [0.29, 0.717) is 10.8 Å². The van der Waals surface area contributed by atoms with E-state index >= 15 is 0 Å². The summed E-state index contributed by atoms with van der Waals surface area (Å²) in [5.41, 5.74) is 0.0969. The summed E-state index contributed by atoms with van der Waals surface area (Å²) in [5, 5.41) is 1.29. The van der Waals surface area contributed by atoms with Gasteiger partial charge in [-0.1, -0.05) is 31.5 Å². The molecule has 2 aromatic rings. The van der Waals surface area contributed by atoms with Crippen molar-refractivity contribution in [3.8, 4) is 0 Å². The van der Waals surface area contributed by atoms with E-state index in [0.717, 1.165) is 17.7 Å². The molecule has 2 rings (SSSR count). The van der Waals surface area contributed by atoms with Crippen molar-refractivity contribution in [3.05, 3.63) is 40.7 Å². The third kappa shape index (κ3) is 2.29. The highest BCUT2D eigenvalue weighted by molar-refractivity contribution is 6.34. The van der Waals surface area contributed by atoms with Gasteiger partial charge in [-0.15, -0.1) is 0 Å². The molecule has 0 aliphatic rings. The highest BCUT2D eigenvalue weighted by Crippen LogP contribution is 2.35. The van der Waals surface area contributed by atoms with Crippen LogP contribution < -0.4 is 0 Å². The molecule has 0 radical (unpaired) electrons. The van der Waals surface area contributed by atoms with Gasteiger partial charge in [-0.2, -0.15) is 13.2 Å². The highest BCUT2D eigenvalue weighted by Gasteiger charge is 2.30. The Labute approximate surface area is 108 Å². The van der Waals surface area contributed by atoms with E-state index in [1.807, 2.05) is 13.8 Å². The van der Waals surface area contributed by atoms with Crippen molar-refractivity contribution in [1.82, 2.24) is 4.98 Å². The Bertz CT molecular complexity index is 591. The lowest BCUT2D eigenvalue weighted by molar-refractivity contribution is -0.137. The number of benzene rings is 1. The molecule has 96 valence electrons. The second-order valence-electron chi connectivity index (χ2n) is 4.42. The second-order valence-corrected chi connectivity index (χ2v) is 4.78. The van der Waals surface area contributed by atoms with Gasteiger partial charge in [0.1, 0.15) is 5.15 Å². The highest BCUT2D eigenvalue weighted by atomic mass is 35.5. The average molecular weight is 274 g/mol. The van der Waals surface area contributed by atoms with E-state index in [-0.39, 0.29) is 11.1 Å². The van der Waals surface area contributed by atoms with Crippen LogP contribution in [0.15, 0.2) is 24.4 Å². The molecule has 1 aromatic heterocycles. The summed E-state index contributed by atoms with van der Waals surface area (Å²) in [7, 11) is 0. The van der Waals surface area contributed by atoms with Gasteiger partial charge in [0.25, 0.3) is 0 Å². The van der Waals surface area contributed by atoms with E-state index in [1.165, 1.54) is 12.3 Å². The van der Waals surface area contributed by atoms with Crippen LogP contribution in [0, 0.1) is 0 Å². The number of hydrogen-bond acceptors (Lipinski definition) is 1. The van der Waals surface area contributed by atoms with Crippen molar-refractivity contribution >= 4 is 22.4 Å². The fourth-order valence-electron chi connectivity index (χ4n) is 1.86. The lowest BCUT2D eigenvalue weighted by Crippen LogP contribution is -2.05. The van der Waals surface area contributed by atoms with Gasteiger partial charge in [0.15, 0.2) is 0 Å². The first-order chi connectivity index (χ1) is 8.30. The number of pyridine rings is 1. The van der Waals surface area contributed by atoms with E-state index in [1.54, 1.807) is 0 Å². The number of fused-ring (bicyclic) bond motifs is 1. The van der Waals surface area contributed by atoms with Crippen LogP contribution in [0.25, 0.3) is 10.8 Å². The van der Waals surface area contributed by atoms with Crippen molar-refractivity contribution in [2.45, 2.75) is 25.9 Å². The van der Waals surface area contributed by atoms with Gasteiger partial charge in [0.05, 0.1) is 5.56 Å². The van der Waals surface area contributed by atoms with Gasteiger partial charge < -0.3 is 0 Å².